The van der Waals surface area contributed by atoms with E-state index in [1.54, 1.807) is 12.4 Å². The maximum atomic E-state index is 11.4. The largest absolute Gasteiger partial charge is 0.466 e. The molecule has 0 aromatic carbocycles. The molecule has 20 heavy (non-hydrogen) atoms. The minimum absolute atomic E-state index is 0.376. The molecule has 0 atom stereocenters. The third kappa shape index (κ3) is 3.03. The van der Waals surface area contributed by atoms with Crippen molar-refractivity contribution in [2.45, 2.75) is 6.92 Å². The molecule has 104 valence electrons. The van der Waals surface area contributed by atoms with Gasteiger partial charge in [-0.15, -0.1) is 0 Å². The average molecular weight is 289 g/mol. The molecule has 2 rings (SSSR count). The van der Waals surface area contributed by atoms with Crippen molar-refractivity contribution in [3.8, 4) is 11.3 Å². The van der Waals surface area contributed by atoms with Crippen LogP contribution in [-0.2, 0) is 9.53 Å². The maximum absolute atomic E-state index is 11.4. The van der Waals surface area contributed by atoms with Gasteiger partial charge in [0.25, 0.3) is 0 Å². The molecule has 0 aliphatic carbocycles. The van der Waals surface area contributed by atoms with Crippen LogP contribution in [0.3, 0.4) is 0 Å². The van der Waals surface area contributed by atoms with Crippen LogP contribution < -0.4 is 5.32 Å². The highest BCUT2D eigenvalue weighted by Gasteiger charge is 2.15. The second kappa shape index (κ2) is 6.29. The molecule has 2 aromatic rings. The lowest BCUT2D eigenvalue weighted by Gasteiger charge is -2.02. The molecule has 1 N–H and O–H groups in total. The zero-order chi connectivity index (χ0) is 14.5. The van der Waals surface area contributed by atoms with E-state index in [1.807, 2.05) is 26.1 Å². The Bertz CT molecular complexity index is 635. The summed E-state index contributed by atoms with van der Waals surface area (Å²) in [5, 5.41) is 3.81. The molecular weight excluding hydrogens is 274 g/mol. The van der Waals surface area contributed by atoms with E-state index >= 15 is 0 Å². The van der Waals surface area contributed by atoms with Gasteiger partial charge in [-0.2, -0.15) is 0 Å². The Morgan fingerprint density at radius 2 is 2.30 bits per heavy atom. The van der Waals surface area contributed by atoms with Crippen LogP contribution in [0.15, 0.2) is 30.6 Å². The van der Waals surface area contributed by atoms with Crippen molar-refractivity contribution in [1.29, 1.82) is 0 Å². The van der Waals surface area contributed by atoms with E-state index in [2.05, 4.69) is 20.0 Å². The van der Waals surface area contributed by atoms with Gasteiger partial charge in [-0.1, -0.05) is 11.3 Å². The first-order valence-electron chi connectivity index (χ1n) is 6.01. The van der Waals surface area contributed by atoms with Crippen LogP contribution in [0, 0.1) is 0 Å². The number of pyridine rings is 1. The van der Waals surface area contributed by atoms with Gasteiger partial charge in [-0.25, -0.2) is 9.78 Å². The van der Waals surface area contributed by atoms with Gasteiger partial charge in [0.15, 0.2) is 5.13 Å². The number of hydrogen-bond donors (Lipinski definition) is 1. The number of methoxy groups -OCH3 is 1. The number of esters is 1. The molecule has 5 nitrogen and oxygen atoms in total. The van der Waals surface area contributed by atoms with Crippen molar-refractivity contribution in [2.75, 3.05) is 19.5 Å². The number of carbonyl (C=O) groups is 1. The quantitative estimate of drug-likeness (QED) is 0.692. The molecule has 0 fully saturated rings. The molecule has 0 aliphatic heterocycles. The lowest BCUT2D eigenvalue weighted by atomic mass is 10.1. The van der Waals surface area contributed by atoms with Gasteiger partial charge in [0.1, 0.15) is 0 Å². The molecule has 0 unspecified atom stereocenters. The number of nitrogens with zero attached hydrogens (tertiary/aromatic N) is 2. The molecule has 0 spiro atoms. The predicted molar refractivity (Wildman–Crippen MR) is 80.6 cm³/mol. The first-order chi connectivity index (χ1) is 9.65. The highest BCUT2D eigenvalue weighted by molar-refractivity contribution is 7.17. The van der Waals surface area contributed by atoms with Gasteiger partial charge in [-0.3, -0.25) is 4.98 Å². The third-order valence-corrected chi connectivity index (χ3v) is 3.88. The van der Waals surface area contributed by atoms with E-state index in [0.29, 0.717) is 0 Å². The monoisotopic (exact) mass is 289 g/mol. The fourth-order valence-corrected chi connectivity index (χ4v) is 2.61. The Hall–Kier alpha value is -2.21. The standard InChI is InChI=1S/C14H15N3O2S/c1-9(7-11(18)19-3)13-12(17-14(15-2)20-13)10-5-4-6-16-8-10/h4-8H,1-3H3,(H,15,17)/b9-7+. The molecule has 0 amide bonds. The van der Waals surface area contributed by atoms with Crippen LogP contribution in [0.1, 0.15) is 11.8 Å². The molecule has 2 aromatic heterocycles. The number of hydrogen-bond acceptors (Lipinski definition) is 6. The van der Waals surface area contributed by atoms with E-state index in [9.17, 15) is 4.79 Å². The summed E-state index contributed by atoms with van der Waals surface area (Å²) < 4.78 is 4.66. The maximum Gasteiger partial charge on any atom is 0.330 e. The summed E-state index contributed by atoms with van der Waals surface area (Å²) in [6.07, 6.45) is 4.93. The van der Waals surface area contributed by atoms with Gasteiger partial charge in [0.2, 0.25) is 0 Å². The molecule has 2 heterocycles. The van der Waals surface area contributed by atoms with Gasteiger partial charge < -0.3 is 10.1 Å². The number of aromatic nitrogens is 2. The Morgan fingerprint density at radius 1 is 1.50 bits per heavy atom. The van der Waals surface area contributed by atoms with Crippen molar-refractivity contribution in [1.82, 2.24) is 9.97 Å². The highest BCUT2D eigenvalue weighted by atomic mass is 32.1. The highest BCUT2D eigenvalue weighted by Crippen LogP contribution is 2.35. The fraction of sp³-hybridized carbons (Fsp3) is 0.214. The van der Waals surface area contributed by atoms with Gasteiger partial charge in [-0.05, 0) is 24.6 Å². The second-order valence-electron chi connectivity index (χ2n) is 4.04. The van der Waals surface area contributed by atoms with Crippen molar-refractivity contribution in [2.24, 2.45) is 0 Å². The number of rotatable bonds is 4. The smallest absolute Gasteiger partial charge is 0.330 e. The van der Waals surface area contributed by atoms with Crippen LogP contribution in [0.25, 0.3) is 16.8 Å². The fourth-order valence-electron chi connectivity index (χ4n) is 1.69. The molecule has 0 aliphatic rings. The normalized spacial score (nSPS) is 11.2. The number of nitrogens with one attached hydrogen (secondary N) is 1. The number of thiazole rings is 1. The van der Waals surface area contributed by atoms with E-state index in [1.165, 1.54) is 24.5 Å². The number of carbonyl (C=O) groups excluding carboxylic acids is 1. The summed E-state index contributed by atoms with van der Waals surface area (Å²) in [5.74, 6) is -0.376. The van der Waals surface area contributed by atoms with Crippen molar-refractivity contribution in [3.63, 3.8) is 0 Å². The summed E-state index contributed by atoms with van der Waals surface area (Å²) in [4.78, 5) is 20.9. The molecule has 6 heteroatoms. The predicted octanol–water partition coefficient (Wildman–Crippen LogP) is 2.82. The Kier molecular flexibility index (Phi) is 4.47. The van der Waals surface area contributed by atoms with Crippen LogP contribution in [0.5, 0.6) is 0 Å². The van der Waals surface area contributed by atoms with Gasteiger partial charge in [0.05, 0.1) is 17.7 Å². The van der Waals surface area contributed by atoms with Crippen LogP contribution in [0.2, 0.25) is 0 Å². The van der Waals surface area contributed by atoms with Gasteiger partial charge in [0, 0.05) is 31.1 Å². The molecule has 0 bridgehead atoms. The Balaban J connectivity index is 2.50. The van der Waals surface area contributed by atoms with Crippen molar-refractivity contribution in [3.05, 3.63) is 35.5 Å². The van der Waals surface area contributed by atoms with Crippen LogP contribution in [0.4, 0.5) is 5.13 Å². The number of allylic oxidation sites excluding steroid dienone is 1. The summed E-state index contributed by atoms with van der Waals surface area (Å²) in [5.41, 5.74) is 2.54. The average Bonchev–Trinajstić information content (AvgIpc) is 2.92. The van der Waals surface area contributed by atoms with E-state index in [4.69, 9.17) is 0 Å². The number of anilines is 1. The summed E-state index contributed by atoms with van der Waals surface area (Å²) >= 11 is 1.49. The zero-order valence-corrected chi connectivity index (χ0v) is 12.3. The topological polar surface area (TPSA) is 64.1 Å². The summed E-state index contributed by atoms with van der Waals surface area (Å²) in [6, 6.07) is 3.80. The van der Waals surface area contributed by atoms with E-state index < -0.39 is 0 Å². The molecule has 0 radical (unpaired) electrons. The van der Waals surface area contributed by atoms with Crippen LogP contribution >= 0.6 is 11.3 Å². The lowest BCUT2D eigenvalue weighted by molar-refractivity contribution is -0.134. The Morgan fingerprint density at radius 3 is 2.90 bits per heavy atom. The van der Waals surface area contributed by atoms with Crippen LogP contribution in [-0.4, -0.2) is 30.1 Å². The summed E-state index contributed by atoms with van der Waals surface area (Å²) in [7, 11) is 3.18. The SMILES string of the molecule is CNc1nc(-c2cccnc2)c(/C(C)=C/C(=O)OC)s1. The molecule has 0 saturated heterocycles. The minimum Gasteiger partial charge on any atom is -0.466 e. The number of ether oxygens (including phenoxy) is 1. The molecular formula is C14H15N3O2S. The van der Waals surface area contributed by atoms with Crippen molar-refractivity contribution >= 4 is 28.0 Å². The zero-order valence-electron chi connectivity index (χ0n) is 11.5. The van der Waals surface area contributed by atoms with Crippen molar-refractivity contribution < 1.29 is 9.53 Å². The summed E-state index contributed by atoms with van der Waals surface area (Å²) in [6.45, 7) is 1.86. The van der Waals surface area contributed by atoms with E-state index in [0.717, 1.165) is 26.8 Å². The first kappa shape index (κ1) is 14.2. The van der Waals surface area contributed by atoms with Gasteiger partial charge >= 0.3 is 5.97 Å². The minimum atomic E-state index is -0.376. The van der Waals surface area contributed by atoms with E-state index in [-0.39, 0.29) is 5.97 Å². The second-order valence-corrected chi connectivity index (χ2v) is 5.04. The first-order valence-corrected chi connectivity index (χ1v) is 6.83. The molecule has 0 saturated carbocycles. The Labute approximate surface area is 121 Å². The third-order valence-electron chi connectivity index (χ3n) is 2.67. The lowest BCUT2D eigenvalue weighted by Crippen LogP contribution is -1.95.